The highest BCUT2D eigenvalue weighted by Crippen LogP contribution is 2.21. The van der Waals surface area contributed by atoms with Crippen LogP contribution in [-0.2, 0) is 0 Å². The fourth-order valence-electron chi connectivity index (χ4n) is 3.59. The summed E-state index contributed by atoms with van der Waals surface area (Å²) >= 11 is 0. The van der Waals surface area contributed by atoms with Gasteiger partial charge >= 0.3 is 6.03 Å². The van der Waals surface area contributed by atoms with E-state index in [1.54, 1.807) is 12.4 Å². The first kappa shape index (κ1) is 18.9. The second kappa shape index (κ2) is 9.19. The SMILES string of the molecule is O=C(Nc1ccc(N2CCCCC2)nc1)N[C@@H](c1ccccc1)c1ccccn1. The summed E-state index contributed by atoms with van der Waals surface area (Å²) in [5.41, 5.74) is 2.42. The molecule has 1 aromatic carbocycles. The Labute approximate surface area is 171 Å². The smallest absolute Gasteiger partial charge is 0.320 e. The third kappa shape index (κ3) is 4.90. The fourth-order valence-corrected chi connectivity index (χ4v) is 3.59. The first-order valence-electron chi connectivity index (χ1n) is 10.0. The highest BCUT2D eigenvalue weighted by Gasteiger charge is 2.18. The molecule has 2 N–H and O–H groups in total. The lowest BCUT2D eigenvalue weighted by Crippen LogP contribution is -2.33. The normalized spacial score (nSPS) is 14.8. The molecule has 3 heterocycles. The zero-order valence-corrected chi connectivity index (χ0v) is 16.3. The van der Waals surface area contributed by atoms with Gasteiger partial charge in [-0.1, -0.05) is 36.4 Å². The van der Waals surface area contributed by atoms with Gasteiger partial charge in [0.2, 0.25) is 0 Å². The quantitative estimate of drug-likeness (QED) is 0.682. The van der Waals surface area contributed by atoms with E-state index in [0.717, 1.165) is 30.2 Å². The minimum Gasteiger partial charge on any atom is -0.357 e. The van der Waals surface area contributed by atoms with Crippen molar-refractivity contribution in [3.63, 3.8) is 0 Å². The summed E-state index contributed by atoms with van der Waals surface area (Å²) in [6, 6.07) is 18.7. The van der Waals surface area contributed by atoms with Gasteiger partial charge in [0.25, 0.3) is 0 Å². The molecule has 6 nitrogen and oxygen atoms in total. The van der Waals surface area contributed by atoms with Crippen molar-refractivity contribution in [2.45, 2.75) is 25.3 Å². The maximum atomic E-state index is 12.7. The molecule has 4 rings (SSSR count). The molecule has 1 atom stereocenters. The number of anilines is 2. The largest absolute Gasteiger partial charge is 0.357 e. The zero-order chi connectivity index (χ0) is 19.9. The Morgan fingerprint density at radius 1 is 0.897 bits per heavy atom. The Kier molecular flexibility index (Phi) is 6.00. The van der Waals surface area contributed by atoms with Crippen LogP contribution in [0.2, 0.25) is 0 Å². The number of carbonyl (C=O) groups excluding carboxylic acids is 1. The second-order valence-electron chi connectivity index (χ2n) is 7.15. The van der Waals surface area contributed by atoms with Crippen molar-refractivity contribution in [2.75, 3.05) is 23.3 Å². The van der Waals surface area contributed by atoms with E-state index in [0.29, 0.717) is 5.69 Å². The minimum absolute atomic E-state index is 0.294. The molecule has 0 bridgehead atoms. The predicted molar refractivity (Wildman–Crippen MR) is 115 cm³/mol. The fraction of sp³-hybridized carbons (Fsp3) is 0.261. The van der Waals surface area contributed by atoms with E-state index in [1.165, 1.54) is 19.3 Å². The minimum atomic E-state index is -0.335. The number of carbonyl (C=O) groups is 1. The molecule has 3 aromatic rings. The molecule has 1 saturated heterocycles. The third-order valence-corrected chi connectivity index (χ3v) is 5.08. The first-order chi connectivity index (χ1) is 14.3. The van der Waals surface area contributed by atoms with Gasteiger partial charge < -0.3 is 15.5 Å². The van der Waals surface area contributed by atoms with Gasteiger partial charge in [-0.05, 0) is 49.1 Å². The molecule has 1 fully saturated rings. The van der Waals surface area contributed by atoms with Crippen molar-refractivity contribution in [1.82, 2.24) is 15.3 Å². The molecule has 0 aliphatic carbocycles. The van der Waals surface area contributed by atoms with Crippen LogP contribution in [0, 0.1) is 0 Å². The van der Waals surface area contributed by atoms with Gasteiger partial charge in [-0.25, -0.2) is 9.78 Å². The van der Waals surface area contributed by atoms with Crippen molar-refractivity contribution < 1.29 is 4.79 Å². The van der Waals surface area contributed by atoms with Crippen molar-refractivity contribution in [3.8, 4) is 0 Å². The standard InChI is InChI=1S/C23H25N5O/c29-23(26-19-12-13-21(25-17-19)28-15-7-2-8-16-28)27-22(18-9-3-1-4-10-18)20-11-5-6-14-24-20/h1,3-6,9-14,17,22H,2,7-8,15-16H2,(H2,26,27,29)/t22-/m0/s1. The van der Waals surface area contributed by atoms with E-state index in [1.807, 2.05) is 60.7 Å². The predicted octanol–water partition coefficient (Wildman–Crippen LogP) is 4.38. The van der Waals surface area contributed by atoms with Gasteiger partial charge in [0.1, 0.15) is 5.82 Å². The van der Waals surface area contributed by atoms with Crippen LogP contribution in [-0.4, -0.2) is 29.1 Å². The molecule has 0 saturated carbocycles. The van der Waals surface area contributed by atoms with E-state index in [-0.39, 0.29) is 12.1 Å². The Morgan fingerprint density at radius 3 is 2.38 bits per heavy atom. The van der Waals surface area contributed by atoms with Gasteiger partial charge in [-0.2, -0.15) is 0 Å². The Morgan fingerprint density at radius 2 is 1.69 bits per heavy atom. The maximum Gasteiger partial charge on any atom is 0.320 e. The van der Waals surface area contributed by atoms with E-state index < -0.39 is 0 Å². The van der Waals surface area contributed by atoms with Crippen molar-refractivity contribution in [1.29, 1.82) is 0 Å². The number of pyridine rings is 2. The summed E-state index contributed by atoms with van der Waals surface area (Å²) < 4.78 is 0. The van der Waals surface area contributed by atoms with Crippen LogP contribution in [0.3, 0.4) is 0 Å². The number of hydrogen-bond acceptors (Lipinski definition) is 4. The average Bonchev–Trinajstić information content (AvgIpc) is 2.80. The molecule has 1 aliphatic heterocycles. The molecule has 1 aliphatic rings. The van der Waals surface area contributed by atoms with Crippen LogP contribution in [0.25, 0.3) is 0 Å². The monoisotopic (exact) mass is 387 g/mol. The van der Waals surface area contributed by atoms with Gasteiger partial charge in [0, 0.05) is 19.3 Å². The average molecular weight is 387 g/mol. The topological polar surface area (TPSA) is 70.2 Å². The molecular weight excluding hydrogens is 362 g/mol. The van der Waals surface area contributed by atoms with Gasteiger partial charge in [-0.3, -0.25) is 4.98 Å². The number of hydrogen-bond donors (Lipinski definition) is 2. The summed E-state index contributed by atoms with van der Waals surface area (Å²) in [5, 5.41) is 5.91. The Bertz CT molecular complexity index is 870. The van der Waals surface area contributed by atoms with Crippen molar-refractivity contribution >= 4 is 17.5 Å². The lowest BCUT2D eigenvalue weighted by molar-refractivity contribution is 0.250. The Hall–Kier alpha value is -3.41. The number of urea groups is 1. The van der Waals surface area contributed by atoms with Crippen LogP contribution in [0.1, 0.15) is 36.6 Å². The zero-order valence-electron chi connectivity index (χ0n) is 16.3. The van der Waals surface area contributed by atoms with Gasteiger partial charge in [0.15, 0.2) is 0 Å². The molecule has 148 valence electrons. The van der Waals surface area contributed by atoms with Gasteiger partial charge in [-0.15, -0.1) is 0 Å². The number of piperidine rings is 1. The van der Waals surface area contributed by atoms with E-state index in [9.17, 15) is 4.79 Å². The van der Waals surface area contributed by atoms with Crippen LogP contribution < -0.4 is 15.5 Å². The van der Waals surface area contributed by atoms with E-state index >= 15 is 0 Å². The van der Waals surface area contributed by atoms with Crippen molar-refractivity contribution in [2.24, 2.45) is 0 Å². The lowest BCUT2D eigenvalue weighted by Gasteiger charge is -2.27. The summed E-state index contributed by atoms with van der Waals surface area (Å²) in [6.07, 6.45) is 7.14. The summed E-state index contributed by atoms with van der Waals surface area (Å²) in [6.45, 7) is 2.09. The second-order valence-corrected chi connectivity index (χ2v) is 7.15. The molecule has 29 heavy (non-hydrogen) atoms. The highest BCUT2D eigenvalue weighted by atomic mass is 16.2. The van der Waals surface area contributed by atoms with Crippen molar-refractivity contribution in [3.05, 3.63) is 84.3 Å². The van der Waals surface area contributed by atoms with Crippen LogP contribution >= 0.6 is 0 Å². The summed E-state index contributed by atoms with van der Waals surface area (Å²) in [5.74, 6) is 0.964. The maximum absolute atomic E-state index is 12.7. The molecule has 2 aromatic heterocycles. The van der Waals surface area contributed by atoms with E-state index in [2.05, 4.69) is 25.5 Å². The summed E-state index contributed by atoms with van der Waals surface area (Å²) in [7, 11) is 0. The number of rotatable bonds is 5. The van der Waals surface area contributed by atoms with Crippen LogP contribution in [0.4, 0.5) is 16.3 Å². The number of aromatic nitrogens is 2. The molecule has 0 radical (unpaired) electrons. The molecule has 6 heteroatoms. The molecule has 2 amide bonds. The van der Waals surface area contributed by atoms with Crippen LogP contribution in [0.5, 0.6) is 0 Å². The number of benzene rings is 1. The number of nitrogens with zero attached hydrogens (tertiary/aromatic N) is 3. The number of amides is 2. The highest BCUT2D eigenvalue weighted by molar-refractivity contribution is 5.89. The third-order valence-electron chi connectivity index (χ3n) is 5.08. The molecular formula is C23H25N5O. The first-order valence-corrected chi connectivity index (χ1v) is 10.0. The number of nitrogens with one attached hydrogen (secondary N) is 2. The van der Waals surface area contributed by atoms with E-state index in [4.69, 9.17) is 0 Å². The molecule has 0 spiro atoms. The van der Waals surface area contributed by atoms with Gasteiger partial charge in [0.05, 0.1) is 23.6 Å². The van der Waals surface area contributed by atoms with Crippen LogP contribution in [0.15, 0.2) is 73.1 Å². The lowest BCUT2D eigenvalue weighted by atomic mass is 10.0. The Balaban J connectivity index is 1.44. The summed E-state index contributed by atoms with van der Waals surface area (Å²) in [4.78, 5) is 23.9. The molecule has 0 unspecified atom stereocenters.